The van der Waals surface area contributed by atoms with Crippen LogP contribution in [0.1, 0.15) is 38.3 Å². The molecule has 0 radical (unpaired) electrons. The predicted molar refractivity (Wildman–Crippen MR) is 75.0 cm³/mol. The second-order valence-corrected chi connectivity index (χ2v) is 5.04. The molecule has 0 saturated heterocycles. The minimum absolute atomic E-state index is 0.0744. The van der Waals surface area contributed by atoms with Crippen LogP contribution in [0.4, 0.5) is 11.6 Å². The van der Waals surface area contributed by atoms with Crippen LogP contribution in [-0.2, 0) is 0 Å². The van der Waals surface area contributed by atoms with Gasteiger partial charge in [-0.15, -0.1) is 0 Å². The van der Waals surface area contributed by atoms with E-state index in [1.165, 1.54) is 12.8 Å². The molecule has 1 aliphatic rings. The Bertz CT molecular complexity index is 487. The van der Waals surface area contributed by atoms with Crippen LogP contribution < -0.4 is 10.1 Å². The minimum atomic E-state index is -0.477. The maximum Gasteiger partial charge on any atom is 0.352 e. The fraction of sp³-hybridized carbons (Fsp3) is 0.692. The molecular formula is C13H20N4O3. The highest BCUT2D eigenvalue weighted by molar-refractivity contribution is 5.48. The van der Waals surface area contributed by atoms with Crippen molar-refractivity contribution in [3.05, 3.63) is 15.8 Å². The lowest BCUT2D eigenvalue weighted by Gasteiger charge is -2.12. The van der Waals surface area contributed by atoms with E-state index < -0.39 is 4.92 Å². The lowest BCUT2D eigenvalue weighted by Crippen LogP contribution is -2.13. The number of hydrogen-bond acceptors (Lipinski definition) is 6. The van der Waals surface area contributed by atoms with Gasteiger partial charge < -0.3 is 10.1 Å². The van der Waals surface area contributed by atoms with E-state index in [0.29, 0.717) is 30.7 Å². The Balaban J connectivity index is 2.19. The van der Waals surface area contributed by atoms with Gasteiger partial charge in [-0.3, -0.25) is 10.1 Å². The van der Waals surface area contributed by atoms with Crippen molar-refractivity contribution in [1.29, 1.82) is 0 Å². The molecule has 7 heteroatoms. The van der Waals surface area contributed by atoms with Crippen LogP contribution in [0, 0.1) is 23.0 Å². The average molecular weight is 280 g/mol. The molecule has 1 fully saturated rings. The molecule has 1 N–H and O–H groups in total. The molecule has 1 saturated carbocycles. The number of aromatic nitrogens is 2. The van der Waals surface area contributed by atoms with Crippen LogP contribution in [0.5, 0.6) is 5.88 Å². The number of anilines is 1. The van der Waals surface area contributed by atoms with E-state index >= 15 is 0 Å². The van der Waals surface area contributed by atoms with Gasteiger partial charge in [0, 0.05) is 6.54 Å². The molecule has 1 aliphatic carbocycles. The Morgan fingerprint density at radius 2 is 2.10 bits per heavy atom. The van der Waals surface area contributed by atoms with Crippen molar-refractivity contribution in [2.45, 2.75) is 39.5 Å². The molecule has 1 aromatic heterocycles. The molecule has 2 rings (SSSR count). The lowest BCUT2D eigenvalue weighted by atomic mass is 10.1. The zero-order valence-electron chi connectivity index (χ0n) is 11.9. The molecule has 1 aromatic rings. The van der Waals surface area contributed by atoms with Gasteiger partial charge >= 0.3 is 5.69 Å². The smallest absolute Gasteiger partial charge is 0.352 e. The van der Waals surface area contributed by atoms with Crippen molar-refractivity contribution in [2.24, 2.45) is 5.92 Å². The SMILES string of the molecule is CCNc1nc(C)c([N+](=O)[O-])c(OCC2CCCC2)n1. The number of nitrogens with zero attached hydrogens (tertiary/aromatic N) is 3. The van der Waals surface area contributed by atoms with E-state index in [2.05, 4.69) is 15.3 Å². The summed E-state index contributed by atoms with van der Waals surface area (Å²) in [6, 6.07) is 0. The van der Waals surface area contributed by atoms with Crippen LogP contribution in [0.25, 0.3) is 0 Å². The van der Waals surface area contributed by atoms with Crippen LogP contribution in [-0.4, -0.2) is 28.0 Å². The second kappa shape index (κ2) is 6.49. The molecule has 0 aliphatic heterocycles. The van der Waals surface area contributed by atoms with E-state index in [1.807, 2.05) is 6.92 Å². The Labute approximate surface area is 117 Å². The standard InChI is InChI=1S/C13H20N4O3/c1-3-14-13-15-9(2)11(17(18)19)12(16-13)20-8-10-6-4-5-7-10/h10H,3-8H2,1-2H3,(H,14,15,16). The minimum Gasteiger partial charge on any atom is -0.472 e. The highest BCUT2D eigenvalue weighted by Crippen LogP contribution is 2.31. The Kier molecular flexibility index (Phi) is 4.70. The monoisotopic (exact) mass is 280 g/mol. The summed E-state index contributed by atoms with van der Waals surface area (Å²) in [5, 5.41) is 14.1. The van der Waals surface area contributed by atoms with Crippen LogP contribution in [0.15, 0.2) is 0 Å². The highest BCUT2D eigenvalue weighted by Gasteiger charge is 2.25. The largest absolute Gasteiger partial charge is 0.472 e. The summed E-state index contributed by atoms with van der Waals surface area (Å²) >= 11 is 0. The van der Waals surface area contributed by atoms with Crippen molar-refractivity contribution < 1.29 is 9.66 Å². The molecule has 0 aromatic carbocycles. The summed E-state index contributed by atoms with van der Waals surface area (Å²) in [7, 11) is 0. The van der Waals surface area contributed by atoms with Crippen molar-refractivity contribution in [2.75, 3.05) is 18.5 Å². The number of ether oxygens (including phenoxy) is 1. The Morgan fingerprint density at radius 1 is 1.40 bits per heavy atom. The summed E-state index contributed by atoms with van der Waals surface area (Å²) in [5.74, 6) is 0.926. The normalized spacial score (nSPS) is 15.3. The van der Waals surface area contributed by atoms with Gasteiger partial charge in [-0.1, -0.05) is 12.8 Å². The first kappa shape index (κ1) is 14.5. The van der Waals surface area contributed by atoms with Gasteiger partial charge in [-0.05, 0) is 32.6 Å². The molecule has 0 unspecified atom stereocenters. The van der Waals surface area contributed by atoms with Crippen molar-refractivity contribution in [3.8, 4) is 5.88 Å². The maximum atomic E-state index is 11.1. The molecule has 7 nitrogen and oxygen atoms in total. The number of hydrogen-bond donors (Lipinski definition) is 1. The maximum absolute atomic E-state index is 11.1. The van der Waals surface area contributed by atoms with E-state index in [0.717, 1.165) is 12.8 Å². The molecule has 1 heterocycles. The Morgan fingerprint density at radius 3 is 2.70 bits per heavy atom. The lowest BCUT2D eigenvalue weighted by molar-refractivity contribution is -0.387. The quantitative estimate of drug-likeness (QED) is 0.636. The third kappa shape index (κ3) is 3.34. The number of nitrogens with one attached hydrogen (secondary N) is 1. The summed E-state index contributed by atoms with van der Waals surface area (Å²) < 4.78 is 5.62. The van der Waals surface area contributed by atoms with Gasteiger partial charge in [0.15, 0.2) is 0 Å². The fourth-order valence-corrected chi connectivity index (χ4v) is 2.46. The zero-order valence-corrected chi connectivity index (χ0v) is 11.9. The van der Waals surface area contributed by atoms with Crippen LogP contribution in [0.2, 0.25) is 0 Å². The van der Waals surface area contributed by atoms with Crippen molar-refractivity contribution >= 4 is 11.6 Å². The highest BCUT2D eigenvalue weighted by atomic mass is 16.6. The van der Waals surface area contributed by atoms with Crippen LogP contribution in [0.3, 0.4) is 0 Å². The topological polar surface area (TPSA) is 90.2 Å². The van der Waals surface area contributed by atoms with E-state index in [-0.39, 0.29) is 11.6 Å². The average Bonchev–Trinajstić information content (AvgIpc) is 2.88. The van der Waals surface area contributed by atoms with Gasteiger partial charge in [0.25, 0.3) is 5.88 Å². The van der Waals surface area contributed by atoms with Gasteiger partial charge in [0.1, 0.15) is 5.69 Å². The first-order chi connectivity index (χ1) is 9.61. The number of aryl methyl sites for hydroxylation is 1. The third-order valence-corrected chi connectivity index (χ3v) is 3.47. The molecule has 0 amide bonds. The van der Waals surface area contributed by atoms with Crippen LogP contribution >= 0.6 is 0 Å². The van der Waals surface area contributed by atoms with Crippen molar-refractivity contribution in [3.63, 3.8) is 0 Å². The molecule has 0 atom stereocenters. The van der Waals surface area contributed by atoms with E-state index in [1.54, 1.807) is 6.92 Å². The zero-order chi connectivity index (χ0) is 14.5. The van der Waals surface area contributed by atoms with E-state index in [4.69, 9.17) is 4.74 Å². The number of nitro groups is 1. The first-order valence-electron chi connectivity index (χ1n) is 7.01. The molecule has 0 bridgehead atoms. The van der Waals surface area contributed by atoms with Gasteiger partial charge in [-0.2, -0.15) is 4.98 Å². The summed E-state index contributed by atoms with van der Waals surface area (Å²) in [4.78, 5) is 18.9. The van der Waals surface area contributed by atoms with Gasteiger partial charge in [0.2, 0.25) is 5.95 Å². The van der Waals surface area contributed by atoms with Crippen molar-refractivity contribution in [1.82, 2.24) is 9.97 Å². The summed E-state index contributed by atoms with van der Waals surface area (Å²) in [6.07, 6.45) is 4.67. The first-order valence-corrected chi connectivity index (χ1v) is 7.01. The summed E-state index contributed by atoms with van der Waals surface area (Å²) in [5.41, 5.74) is 0.187. The second-order valence-electron chi connectivity index (χ2n) is 5.04. The number of rotatable bonds is 6. The third-order valence-electron chi connectivity index (χ3n) is 3.47. The molecule has 110 valence electrons. The fourth-order valence-electron chi connectivity index (χ4n) is 2.46. The molecule has 20 heavy (non-hydrogen) atoms. The summed E-state index contributed by atoms with van der Waals surface area (Å²) in [6.45, 7) is 4.66. The predicted octanol–water partition coefficient (Wildman–Crippen LogP) is 2.69. The van der Waals surface area contributed by atoms with E-state index in [9.17, 15) is 10.1 Å². The van der Waals surface area contributed by atoms with Gasteiger partial charge in [0.05, 0.1) is 11.5 Å². The molecule has 0 spiro atoms. The molecular weight excluding hydrogens is 260 g/mol. The Hall–Kier alpha value is -1.92. The van der Waals surface area contributed by atoms with Gasteiger partial charge in [-0.25, -0.2) is 4.98 Å².